The first-order valence-corrected chi connectivity index (χ1v) is 7.24. The first kappa shape index (κ1) is 14.4. The molecule has 0 heterocycles. The summed E-state index contributed by atoms with van der Waals surface area (Å²) in [6.45, 7) is 3.56. The van der Waals surface area contributed by atoms with Crippen molar-refractivity contribution in [2.24, 2.45) is 11.1 Å². The van der Waals surface area contributed by atoms with Crippen LogP contribution in [0.3, 0.4) is 0 Å². The SMILES string of the molecule is CC1(COc2cccc([C@@H](O)CCN)c2)CCCC1. The van der Waals surface area contributed by atoms with E-state index in [1.54, 1.807) is 0 Å². The van der Waals surface area contributed by atoms with E-state index in [-0.39, 0.29) is 0 Å². The minimum absolute atomic E-state index is 0.325. The zero-order valence-electron chi connectivity index (χ0n) is 11.8. The summed E-state index contributed by atoms with van der Waals surface area (Å²) >= 11 is 0. The van der Waals surface area contributed by atoms with Crippen molar-refractivity contribution in [3.8, 4) is 5.75 Å². The average molecular weight is 263 g/mol. The van der Waals surface area contributed by atoms with Crippen LogP contribution < -0.4 is 10.5 Å². The molecule has 0 bridgehead atoms. The lowest BCUT2D eigenvalue weighted by Gasteiger charge is -2.23. The Labute approximate surface area is 115 Å². The summed E-state index contributed by atoms with van der Waals surface area (Å²) in [6.07, 6.45) is 5.23. The van der Waals surface area contributed by atoms with Crippen LogP contribution in [0, 0.1) is 5.41 Å². The molecule has 1 aliphatic carbocycles. The summed E-state index contributed by atoms with van der Waals surface area (Å²) in [5.74, 6) is 0.849. The average Bonchev–Trinajstić information content (AvgIpc) is 2.85. The van der Waals surface area contributed by atoms with E-state index in [9.17, 15) is 5.11 Å². The summed E-state index contributed by atoms with van der Waals surface area (Å²) in [5, 5.41) is 9.94. The van der Waals surface area contributed by atoms with Gasteiger partial charge in [-0.15, -0.1) is 0 Å². The Morgan fingerprint density at radius 3 is 2.79 bits per heavy atom. The Morgan fingerprint density at radius 1 is 1.37 bits per heavy atom. The minimum atomic E-state index is -0.490. The molecule has 0 radical (unpaired) electrons. The van der Waals surface area contributed by atoms with Crippen molar-refractivity contribution in [2.45, 2.75) is 45.1 Å². The fraction of sp³-hybridized carbons (Fsp3) is 0.625. The van der Waals surface area contributed by atoms with Crippen LogP contribution in [0.4, 0.5) is 0 Å². The molecule has 2 rings (SSSR count). The lowest BCUT2D eigenvalue weighted by Crippen LogP contribution is -2.21. The third-order valence-corrected chi connectivity index (χ3v) is 4.08. The van der Waals surface area contributed by atoms with Gasteiger partial charge in [0.15, 0.2) is 0 Å². The Hall–Kier alpha value is -1.06. The van der Waals surface area contributed by atoms with Gasteiger partial charge in [-0.3, -0.25) is 0 Å². The molecule has 3 N–H and O–H groups in total. The summed E-state index contributed by atoms with van der Waals surface area (Å²) in [7, 11) is 0. The Morgan fingerprint density at radius 2 is 2.11 bits per heavy atom. The predicted octanol–water partition coefficient (Wildman–Crippen LogP) is 3.03. The highest BCUT2D eigenvalue weighted by atomic mass is 16.5. The van der Waals surface area contributed by atoms with Crippen LogP contribution in [0.15, 0.2) is 24.3 Å². The summed E-state index contributed by atoms with van der Waals surface area (Å²) in [4.78, 5) is 0. The molecule has 19 heavy (non-hydrogen) atoms. The van der Waals surface area contributed by atoms with Crippen LogP contribution in [0.5, 0.6) is 5.75 Å². The van der Waals surface area contributed by atoms with E-state index in [1.807, 2.05) is 24.3 Å². The highest BCUT2D eigenvalue weighted by molar-refractivity contribution is 5.30. The van der Waals surface area contributed by atoms with Gasteiger partial charge in [-0.1, -0.05) is 31.9 Å². The molecule has 106 valence electrons. The van der Waals surface area contributed by atoms with E-state index in [4.69, 9.17) is 10.5 Å². The molecule has 3 nitrogen and oxygen atoms in total. The zero-order chi connectivity index (χ0) is 13.7. The third-order valence-electron chi connectivity index (χ3n) is 4.08. The molecule has 0 aliphatic heterocycles. The van der Waals surface area contributed by atoms with Crippen molar-refractivity contribution in [2.75, 3.05) is 13.2 Å². The normalized spacial score (nSPS) is 19.3. The summed E-state index contributed by atoms with van der Waals surface area (Å²) in [5.41, 5.74) is 6.69. The van der Waals surface area contributed by atoms with Gasteiger partial charge in [0.1, 0.15) is 5.75 Å². The maximum Gasteiger partial charge on any atom is 0.119 e. The lowest BCUT2D eigenvalue weighted by molar-refractivity contribution is 0.162. The van der Waals surface area contributed by atoms with E-state index in [2.05, 4.69) is 6.92 Å². The van der Waals surface area contributed by atoms with Crippen LogP contribution in [-0.4, -0.2) is 18.3 Å². The Kier molecular flexibility index (Phi) is 4.83. The highest BCUT2D eigenvalue weighted by Crippen LogP contribution is 2.38. The van der Waals surface area contributed by atoms with Gasteiger partial charge in [0, 0.05) is 5.41 Å². The molecule has 0 saturated heterocycles. The zero-order valence-corrected chi connectivity index (χ0v) is 11.8. The fourth-order valence-electron chi connectivity index (χ4n) is 2.77. The molecule has 0 aromatic heterocycles. The number of aliphatic hydroxyl groups is 1. The number of nitrogens with two attached hydrogens (primary N) is 1. The Bertz CT molecular complexity index is 399. The second-order valence-electron chi connectivity index (χ2n) is 5.97. The molecule has 3 heteroatoms. The van der Waals surface area contributed by atoms with Crippen molar-refractivity contribution in [3.05, 3.63) is 29.8 Å². The van der Waals surface area contributed by atoms with Gasteiger partial charge in [-0.05, 0) is 43.5 Å². The molecular weight excluding hydrogens is 238 g/mol. The number of ether oxygens (including phenoxy) is 1. The molecule has 1 atom stereocenters. The second-order valence-corrected chi connectivity index (χ2v) is 5.97. The monoisotopic (exact) mass is 263 g/mol. The lowest BCUT2D eigenvalue weighted by atomic mass is 9.90. The third kappa shape index (κ3) is 3.95. The molecule has 1 aliphatic rings. The van der Waals surface area contributed by atoms with Crippen molar-refractivity contribution >= 4 is 0 Å². The van der Waals surface area contributed by atoms with Gasteiger partial charge in [-0.25, -0.2) is 0 Å². The quantitative estimate of drug-likeness (QED) is 0.829. The van der Waals surface area contributed by atoms with Crippen LogP contribution in [0.1, 0.15) is 50.7 Å². The maximum atomic E-state index is 9.94. The van der Waals surface area contributed by atoms with E-state index >= 15 is 0 Å². The van der Waals surface area contributed by atoms with Crippen molar-refractivity contribution in [1.29, 1.82) is 0 Å². The topological polar surface area (TPSA) is 55.5 Å². The first-order chi connectivity index (χ1) is 9.13. The van der Waals surface area contributed by atoms with Gasteiger partial charge in [0.25, 0.3) is 0 Å². The first-order valence-electron chi connectivity index (χ1n) is 7.24. The molecule has 1 saturated carbocycles. The van der Waals surface area contributed by atoms with Crippen LogP contribution in [0.25, 0.3) is 0 Å². The van der Waals surface area contributed by atoms with Gasteiger partial charge in [-0.2, -0.15) is 0 Å². The smallest absolute Gasteiger partial charge is 0.119 e. The van der Waals surface area contributed by atoms with Crippen LogP contribution in [-0.2, 0) is 0 Å². The Balaban J connectivity index is 1.95. The number of hydrogen-bond donors (Lipinski definition) is 2. The van der Waals surface area contributed by atoms with E-state index in [0.717, 1.165) is 17.9 Å². The second kappa shape index (κ2) is 6.40. The van der Waals surface area contributed by atoms with Gasteiger partial charge >= 0.3 is 0 Å². The summed E-state index contributed by atoms with van der Waals surface area (Å²) in [6, 6.07) is 7.74. The predicted molar refractivity (Wildman–Crippen MR) is 77.1 cm³/mol. The molecule has 1 aromatic carbocycles. The van der Waals surface area contributed by atoms with Crippen molar-refractivity contribution in [3.63, 3.8) is 0 Å². The number of aliphatic hydroxyl groups excluding tert-OH is 1. The number of hydrogen-bond acceptors (Lipinski definition) is 3. The number of rotatable bonds is 6. The molecule has 0 amide bonds. The van der Waals surface area contributed by atoms with Crippen LogP contribution >= 0.6 is 0 Å². The van der Waals surface area contributed by atoms with Crippen LogP contribution in [0.2, 0.25) is 0 Å². The number of benzene rings is 1. The summed E-state index contributed by atoms with van der Waals surface area (Å²) < 4.78 is 5.92. The molecule has 0 spiro atoms. The molecule has 1 fully saturated rings. The van der Waals surface area contributed by atoms with Crippen molar-refractivity contribution < 1.29 is 9.84 Å². The van der Waals surface area contributed by atoms with Gasteiger partial charge < -0.3 is 15.6 Å². The van der Waals surface area contributed by atoms with Gasteiger partial charge in [0.05, 0.1) is 12.7 Å². The largest absolute Gasteiger partial charge is 0.493 e. The van der Waals surface area contributed by atoms with E-state index < -0.39 is 6.10 Å². The minimum Gasteiger partial charge on any atom is -0.493 e. The van der Waals surface area contributed by atoms with Crippen molar-refractivity contribution in [1.82, 2.24) is 0 Å². The van der Waals surface area contributed by atoms with E-state index in [1.165, 1.54) is 25.7 Å². The fourth-order valence-corrected chi connectivity index (χ4v) is 2.77. The standard InChI is InChI=1S/C16H25NO2/c1-16(8-2-3-9-16)12-19-14-6-4-5-13(11-14)15(18)7-10-17/h4-6,11,15,18H,2-3,7-10,12,17H2,1H3/t15-/m0/s1. The van der Waals surface area contributed by atoms with E-state index in [0.29, 0.717) is 18.4 Å². The molecule has 1 aromatic rings. The molecular formula is C16H25NO2. The molecule has 0 unspecified atom stereocenters. The van der Waals surface area contributed by atoms with Gasteiger partial charge in [0.2, 0.25) is 0 Å². The maximum absolute atomic E-state index is 9.94. The highest BCUT2D eigenvalue weighted by Gasteiger charge is 2.29.